The van der Waals surface area contributed by atoms with Gasteiger partial charge in [-0.3, -0.25) is 0 Å². The Bertz CT molecular complexity index is 289. The van der Waals surface area contributed by atoms with Crippen LogP contribution in [0.25, 0.3) is 0 Å². The minimum Gasteiger partial charge on any atom is -0.494 e. The normalized spacial score (nSPS) is 10.6. The Kier molecular flexibility index (Phi) is 3.99. The SMILES string of the molecule is CCOc1ccc(CC)cc1C(C)C. The minimum atomic E-state index is 0.531. The van der Waals surface area contributed by atoms with Crippen molar-refractivity contribution in [2.75, 3.05) is 6.61 Å². The zero-order chi connectivity index (χ0) is 10.6. The average molecular weight is 192 g/mol. The molecule has 1 heteroatoms. The van der Waals surface area contributed by atoms with Gasteiger partial charge in [0.2, 0.25) is 0 Å². The van der Waals surface area contributed by atoms with Gasteiger partial charge in [-0.1, -0.05) is 32.9 Å². The molecule has 78 valence electrons. The van der Waals surface area contributed by atoms with Crippen LogP contribution in [0.5, 0.6) is 5.75 Å². The van der Waals surface area contributed by atoms with Crippen molar-refractivity contribution in [2.24, 2.45) is 0 Å². The molecule has 0 aliphatic rings. The number of ether oxygens (including phenoxy) is 1. The predicted molar refractivity (Wildman–Crippen MR) is 61.1 cm³/mol. The number of aryl methyl sites for hydroxylation is 1. The molecular weight excluding hydrogens is 172 g/mol. The molecule has 14 heavy (non-hydrogen) atoms. The second-order valence-corrected chi connectivity index (χ2v) is 3.81. The molecule has 1 aromatic carbocycles. The highest BCUT2D eigenvalue weighted by Gasteiger charge is 2.07. The summed E-state index contributed by atoms with van der Waals surface area (Å²) in [5.74, 6) is 1.57. The fraction of sp³-hybridized carbons (Fsp3) is 0.538. The van der Waals surface area contributed by atoms with Gasteiger partial charge in [-0.2, -0.15) is 0 Å². The summed E-state index contributed by atoms with van der Waals surface area (Å²) in [5.41, 5.74) is 2.71. The molecule has 0 heterocycles. The summed E-state index contributed by atoms with van der Waals surface area (Å²) < 4.78 is 5.60. The second kappa shape index (κ2) is 5.04. The van der Waals surface area contributed by atoms with Gasteiger partial charge in [-0.05, 0) is 36.5 Å². The third-order valence-electron chi connectivity index (χ3n) is 2.40. The maximum absolute atomic E-state index is 5.60. The minimum absolute atomic E-state index is 0.531. The van der Waals surface area contributed by atoms with E-state index in [9.17, 15) is 0 Å². The summed E-state index contributed by atoms with van der Waals surface area (Å²) >= 11 is 0. The number of hydrogen-bond acceptors (Lipinski definition) is 1. The van der Waals surface area contributed by atoms with Crippen LogP contribution in [-0.2, 0) is 6.42 Å². The Hall–Kier alpha value is -0.980. The van der Waals surface area contributed by atoms with Crippen molar-refractivity contribution in [3.05, 3.63) is 29.3 Å². The molecule has 0 unspecified atom stereocenters. The van der Waals surface area contributed by atoms with Gasteiger partial charge in [0.25, 0.3) is 0 Å². The topological polar surface area (TPSA) is 9.23 Å². The lowest BCUT2D eigenvalue weighted by Gasteiger charge is -2.14. The summed E-state index contributed by atoms with van der Waals surface area (Å²) in [7, 11) is 0. The first-order valence-electron chi connectivity index (χ1n) is 5.44. The highest BCUT2D eigenvalue weighted by atomic mass is 16.5. The summed E-state index contributed by atoms with van der Waals surface area (Å²) in [5, 5.41) is 0. The van der Waals surface area contributed by atoms with Gasteiger partial charge in [0.1, 0.15) is 5.75 Å². The third-order valence-corrected chi connectivity index (χ3v) is 2.40. The largest absolute Gasteiger partial charge is 0.494 e. The molecule has 0 saturated carbocycles. The van der Waals surface area contributed by atoms with E-state index in [1.165, 1.54) is 11.1 Å². The van der Waals surface area contributed by atoms with Gasteiger partial charge in [-0.15, -0.1) is 0 Å². The molecule has 0 saturated heterocycles. The molecule has 0 atom stereocenters. The lowest BCUT2D eigenvalue weighted by atomic mass is 9.99. The molecule has 1 rings (SSSR count). The molecule has 1 nitrogen and oxygen atoms in total. The molecule has 0 radical (unpaired) electrons. The molecular formula is C13H20O. The van der Waals surface area contributed by atoms with Crippen LogP contribution in [0.3, 0.4) is 0 Å². The van der Waals surface area contributed by atoms with Crippen LogP contribution in [0.15, 0.2) is 18.2 Å². The van der Waals surface area contributed by atoms with Crippen molar-refractivity contribution >= 4 is 0 Å². The van der Waals surface area contributed by atoms with Gasteiger partial charge in [0.05, 0.1) is 6.61 Å². The van der Waals surface area contributed by atoms with E-state index in [2.05, 4.69) is 39.0 Å². The lowest BCUT2D eigenvalue weighted by molar-refractivity contribution is 0.335. The first-order valence-corrected chi connectivity index (χ1v) is 5.44. The van der Waals surface area contributed by atoms with E-state index in [1.54, 1.807) is 0 Å². The van der Waals surface area contributed by atoms with E-state index < -0.39 is 0 Å². The van der Waals surface area contributed by atoms with Gasteiger partial charge in [0.15, 0.2) is 0 Å². The third kappa shape index (κ3) is 2.50. The fourth-order valence-corrected chi connectivity index (χ4v) is 1.56. The highest BCUT2D eigenvalue weighted by Crippen LogP contribution is 2.27. The summed E-state index contributed by atoms with van der Waals surface area (Å²) in [6.07, 6.45) is 1.09. The second-order valence-electron chi connectivity index (χ2n) is 3.81. The first-order chi connectivity index (χ1) is 6.69. The Balaban J connectivity index is 3.03. The summed E-state index contributed by atoms with van der Waals surface area (Å²) in [4.78, 5) is 0. The Labute approximate surface area is 87.1 Å². The quantitative estimate of drug-likeness (QED) is 0.705. The number of hydrogen-bond donors (Lipinski definition) is 0. The predicted octanol–water partition coefficient (Wildman–Crippen LogP) is 3.77. The lowest BCUT2D eigenvalue weighted by Crippen LogP contribution is -1.99. The molecule has 0 fully saturated rings. The van der Waals surface area contributed by atoms with E-state index in [1.807, 2.05) is 6.92 Å². The Morgan fingerprint density at radius 3 is 2.43 bits per heavy atom. The van der Waals surface area contributed by atoms with E-state index in [0.29, 0.717) is 5.92 Å². The van der Waals surface area contributed by atoms with Crippen LogP contribution >= 0.6 is 0 Å². The van der Waals surface area contributed by atoms with Crippen LogP contribution in [-0.4, -0.2) is 6.61 Å². The standard InChI is InChI=1S/C13H20O/c1-5-11-7-8-13(14-6-2)12(9-11)10(3)4/h7-10H,5-6H2,1-4H3. The first kappa shape index (κ1) is 11.1. The van der Waals surface area contributed by atoms with Crippen LogP contribution in [0.2, 0.25) is 0 Å². The van der Waals surface area contributed by atoms with Gasteiger partial charge in [0, 0.05) is 0 Å². The zero-order valence-corrected chi connectivity index (χ0v) is 9.63. The highest BCUT2D eigenvalue weighted by molar-refractivity contribution is 5.39. The Morgan fingerprint density at radius 2 is 1.93 bits per heavy atom. The van der Waals surface area contributed by atoms with Crippen molar-refractivity contribution in [1.82, 2.24) is 0 Å². The molecule has 0 spiro atoms. The van der Waals surface area contributed by atoms with Crippen molar-refractivity contribution < 1.29 is 4.74 Å². The van der Waals surface area contributed by atoms with E-state index in [-0.39, 0.29) is 0 Å². The number of rotatable bonds is 4. The monoisotopic (exact) mass is 192 g/mol. The van der Waals surface area contributed by atoms with E-state index >= 15 is 0 Å². The number of benzene rings is 1. The molecule has 1 aromatic rings. The molecule has 0 bridgehead atoms. The Morgan fingerprint density at radius 1 is 1.21 bits per heavy atom. The molecule has 0 amide bonds. The average Bonchev–Trinajstić information content (AvgIpc) is 2.18. The van der Waals surface area contributed by atoms with Gasteiger partial charge in [-0.25, -0.2) is 0 Å². The van der Waals surface area contributed by atoms with Crippen LogP contribution in [0, 0.1) is 0 Å². The fourth-order valence-electron chi connectivity index (χ4n) is 1.56. The van der Waals surface area contributed by atoms with Crippen molar-refractivity contribution in [1.29, 1.82) is 0 Å². The summed E-state index contributed by atoms with van der Waals surface area (Å²) in [6.45, 7) is 9.36. The van der Waals surface area contributed by atoms with Crippen molar-refractivity contribution in [3.63, 3.8) is 0 Å². The molecule has 0 aromatic heterocycles. The maximum atomic E-state index is 5.60. The molecule has 0 N–H and O–H groups in total. The van der Waals surface area contributed by atoms with E-state index in [0.717, 1.165) is 18.8 Å². The molecule has 0 aliphatic heterocycles. The maximum Gasteiger partial charge on any atom is 0.122 e. The smallest absolute Gasteiger partial charge is 0.122 e. The van der Waals surface area contributed by atoms with Gasteiger partial charge >= 0.3 is 0 Å². The molecule has 0 aliphatic carbocycles. The van der Waals surface area contributed by atoms with Crippen LogP contribution < -0.4 is 4.74 Å². The van der Waals surface area contributed by atoms with Crippen LogP contribution in [0.4, 0.5) is 0 Å². The zero-order valence-electron chi connectivity index (χ0n) is 9.63. The van der Waals surface area contributed by atoms with E-state index in [4.69, 9.17) is 4.74 Å². The summed E-state index contributed by atoms with van der Waals surface area (Å²) in [6, 6.07) is 6.50. The van der Waals surface area contributed by atoms with Crippen molar-refractivity contribution in [2.45, 2.75) is 40.0 Å². The van der Waals surface area contributed by atoms with Gasteiger partial charge < -0.3 is 4.74 Å². The van der Waals surface area contributed by atoms with Crippen molar-refractivity contribution in [3.8, 4) is 5.75 Å². The van der Waals surface area contributed by atoms with Crippen LogP contribution in [0.1, 0.15) is 44.7 Å².